The number of aliphatic hydroxyl groups is 1. The first-order valence-electron chi connectivity index (χ1n) is 7.22. The van der Waals surface area contributed by atoms with Crippen LogP contribution in [0.1, 0.15) is 17.4 Å². The molecule has 1 aromatic heterocycles. The molecule has 1 atom stereocenters. The summed E-state index contributed by atoms with van der Waals surface area (Å²) < 4.78 is 1.74. The maximum absolute atomic E-state index is 9.53. The largest absolute Gasteiger partial charge is 0.394 e. The molecule has 0 bridgehead atoms. The second kappa shape index (κ2) is 6.98. The van der Waals surface area contributed by atoms with Crippen LogP contribution in [0.4, 0.5) is 0 Å². The number of aliphatic hydroxyl groups excluding tert-OH is 1. The lowest BCUT2D eigenvalue weighted by atomic mass is 10.1. The maximum Gasteiger partial charge on any atom is 0.164 e. The molecule has 1 heterocycles. The van der Waals surface area contributed by atoms with Gasteiger partial charge >= 0.3 is 0 Å². The van der Waals surface area contributed by atoms with Crippen LogP contribution in [0.15, 0.2) is 67.0 Å². The minimum Gasteiger partial charge on any atom is -0.394 e. The van der Waals surface area contributed by atoms with Gasteiger partial charge in [-0.2, -0.15) is 0 Å². The van der Waals surface area contributed by atoms with Gasteiger partial charge in [0, 0.05) is 0 Å². The molecule has 0 unspecified atom stereocenters. The number of para-hydroxylation sites is 1. The van der Waals surface area contributed by atoms with E-state index in [9.17, 15) is 5.11 Å². The highest BCUT2D eigenvalue weighted by Crippen LogP contribution is 2.12. The van der Waals surface area contributed by atoms with Crippen LogP contribution >= 0.6 is 0 Å². The fraction of sp³-hybridized carbons (Fsp3) is 0.176. The molecule has 5 nitrogen and oxygen atoms in total. The molecule has 0 aliphatic heterocycles. The molecular formula is C17H18N4O. The molecule has 3 aromatic rings. The summed E-state index contributed by atoms with van der Waals surface area (Å²) in [5, 5.41) is 17.3. The van der Waals surface area contributed by atoms with Crippen molar-refractivity contribution in [1.82, 2.24) is 20.1 Å². The average molecular weight is 294 g/mol. The lowest BCUT2D eigenvalue weighted by Crippen LogP contribution is -2.24. The summed E-state index contributed by atoms with van der Waals surface area (Å²) in [7, 11) is 0. The zero-order chi connectivity index (χ0) is 15.2. The van der Waals surface area contributed by atoms with Crippen LogP contribution in [0, 0.1) is 0 Å². The van der Waals surface area contributed by atoms with Crippen molar-refractivity contribution in [2.45, 2.75) is 12.6 Å². The summed E-state index contributed by atoms with van der Waals surface area (Å²) in [5.41, 5.74) is 2.02. The molecule has 0 fully saturated rings. The normalized spacial score (nSPS) is 12.2. The molecule has 2 aromatic carbocycles. The van der Waals surface area contributed by atoms with Crippen molar-refractivity contribution >= 4 is 0 Å². The average Bonchev–Trinajstić information content (AvgIpc) is 3.06. The number of rotatable bonds is 6. The number of hydrogen-bond acceptors (Lipinski definition) is 4. The highest BCUT2D eigenvalue weighted by molar-refractivity contribution is 5.29. The van der Waals surface area contributed by atoms with Gasteiger partial charge in [-0.15, -0.1) is 5.10 Å². The number of aromatic nitrogens is 3. The van der Waals surface area contributed by atoms with E-state index in [1.807, 2.05) is 60.7 Å². The van der Waals surface area contributed by atoms with E-state index in [1.165, 1.54) is 0 Å². The van der Waals surface area contributed by atoms with E-state index in [0.29, 0.717) is 12.4 Å². The second-order valence-corrected chi connectivity index (χ2v) is 4.97. The van der Waals surface area contributed by atoms with Crippen LogP contribution in [0.2, 0.25) is 0 Å². The summed E-state index contributed by atoms with van der Waals surface area (Å²) in [4.78, 5) is 4.30. The van der Waals surface area contributed by atoms with Crippen molar-refractivity contribution < 1.29 is 5.11 Å². The fourth-order valence-corrected chi connectivity index (χ4v) is 2.27. The molecule has 5 heteroatoms. The molecule has 112 valence electrons. The standard InChI is InChI=1S/C17H18N4O/c22-12-16(14-7-3-1-4-8-14)18-11-17-19-13-21(20-17)15-9-5-2-6-10-15/h1-10,13,16,18,22H,11-12H2/t16-/m1/s1. The van der Waals surface area contributed by atoms with Gasteiger partial charge in [-0.1, -0.05) is 48.5 Å². The highest BCUT2D eigenvalue weighted by atomic mass is 16.3. The lowest BCUT2D eigenvalue weighted by Gasteiger charge is -2.15. The molecule has 0 radical (unpaired) electrons. The van der Waals surface area contributed by atoms with Crippen LogP contribution in [-0.4, -0.2) is 26.5 Å². The van der Waals surface area contributed by atoms with Gasteiger partial charge < -0.3 is 10.4 Å². The van der Waals surface area contributed by atoms with Gasteiger partial charge in [0.25, 0.3) is 0 Å². The quantitative estimate of drug-likeness (QED) is 0.731. The van der Waals surface area contributed by atoms with Crippen molar-refractivity contribution in [2.75, 3.05) is 6.61 Å². The molecule has 3 rings (SSSR count). The lowest BCUT2D eigenvalue weighted by molar-refractivity contribution is 0.243. The predicted octanol–water partition coefficient (Wildman–Crippen LogP) is 2.09. The third-order valence-electron chi connectivity index (χ3n) is 3.45. The Kier molecular flexibility index (Phi) is 4.58. The Morgan fingerprint density at radius 3 is 2.36 bits per heavy atom. The smallest absolute Gasteiger partial charge is 0.164 e. The first kappa shape index (κ1) is 14.4. The summed E-state index contributed by atoms with van der Waals surface area (Å²) in [5.74, 6) is 0.693. The first-order chi connectivity index (χ1) is 10.9. The van der Waals surface area contributed by atoms with Crippen LogP contribution in [0.25, 0.3) is 5.69 Å². The van der Waals surface area contributed by atoms with Gasteiger partial charge in [-0.3, -0.25) is 0 Å². The third kappa shape index (κ3) is 3.39. The Balaban J connectivity index is 1.65. The van der Waals surface area contributed by atoms with Crippen molar-refractivity contribution in [3.8, 4) is 5.69 Å². The third-order valence-corrected chi connectivity index (χ3v) is 3.45. The minimum absolute atomic E-state index is 0.0312. The van der Waals surface area contributed by atoms with E-state index in [-0.39, 0.29) is 12.6 Å². The van der Waals surface area contributed by atoms with Crippen LogP contribution in [0.5, 0.6) is 0 Å². The summed E-state index contributed by atoms with van der Waals surface area (Å²) >= 11 is 0. The van der Waals surface area contributed by atoms with Gasteiger partial charge in [0.1, 0.15) is 6.33 Å². The van der Waals surface area contributed by atoms with Crippen molar-refractivity contribution in [2.24, 2.45) is 0 Å². The summed E-state index contributed by atoms with van der Waals surface area (Å²) in [6.07, 6.45) is 1.70. The topological polar surface area (TPSA) is 63.0 Å². The van der Waals surface area contributed by atoms with E-state index in [2.05, 4.69) is 15.4 Å². The number of benzene rings is 2. The Hall–Kier alpha value is -2.50. The number of hydrogen-bond donors (Lipinski definition) is 2. The predicted molar refractivity (Wildman–Crippen MR) is 84.5 cm³/mol. The molecule has 22 heavy (non-hydrogen) atoms. The minimum atomic E-state index is -0.120. The van der Waals surface area contributed by atoms with Gasteiger partial charge in [0.15, 0.2) is 5.82 Å². The molecule has 0 spiro atoms. The highest BCUT2D eigenvalue weighted by Gasteiger charge is 2.10. The van der Waals surface area contributed by atoms with Crippen molar-refractivity contribution in [3.05, 3.63) is 78.4 Å². The van der Waals surface area contributed by atoms with Gasteiger partial charge in [-0.05, 0) is 17.7 Å². The van der Waals surface area contributed by atoms with Crippen LogP contribution < -0.4 is 5.32 Å². The maximum atomic E-state index is 9.53. The second-order valence-electron chi connectivity index (χ2n) is 4.97. The van der Waals surface area contributed by atoms with Gasteiger partial charge in [0.2, 0.25) is 0 Å². The first-order valence-corrected chi connectivity index (χ1v) is 7.22. The Labute approximate surface area is 129 Å². The fourth-order valence-electron chi connectivity index (χ4n) is 2.27. The van der Waals surface area contributed by atoms with Crippen LogP contribution in [-0.2, 0) is 6.54 Å². The Morgan fingerprint density at radius 1 is 1.00 bits per heavy atom. The van der Waals surface area contributed by atoms with Crippen molar-refractivity contribution in [3.63, 3.8) is 0 Å². The number of nitrogens with one attached hydrogen (secondary N) is 1. The molecular weight excluding hydrogens is 276 g/mol. The van der Waals surface area contributed by atoms with E-state index in [1.54, 1.807) is 11.0 Å². The van der Waals surface area contributed by atoms with E-state index >= 15 is 0 Å². The zero-order valence-corrected chi connectivity index (χ0v) is 12.1. The summed E-state index contributed by atoms with van der Waals surface area (Å²) in [6, 6.07) is 19.6. The zero-order valence-electron chi connectivity index (χ0n) is 12.1. The summed E-state index contributed by atoms with van der Waals surface area (Å²) in [6.45, 7) is 0.531. The molecule has 2 N–H and O–H groups in total. The van der Waals surface area contributed by atoms with E-state index in [4.69, 9.17) is 0 Å². The molecule has 0 aliphatic carbocycles. The molecule has 0 aliphatic rings. The van der Waals surface area contributed by atoms with Crippen LogP contribution in [0.3, 0.4) is 0 Å². The number of nitrogens with zero attached hydrogens (tertiary/aromatic N) is 3. The molecule has 0 saturated heterocycles. The Bertz CT molecular complexity index is 697. The van der Waals surface area contributed by atoms with Gasteiger partial charge in [0.05, 0.1) is 24.9 Å². The van der Waals surface area contributed by atoms with Gasteiger partial charge in [-0.25, -0.2) is 9.67 Å². The monoisotopic (exact) mass is 294 g/mol. The van der Waals surface area contributed by atoms with E-state index in [0.717, 1.165) is 11.3 Å². The van der Waals surface area contributed by atoms with Crippen molar-refractivity contribution in [1.29, 1.82) is 0 Å². The SMILES string of the molecule is OC[C@@H](NCc1ncn(-c2ccccc2)n1)c1ccccc1. The molecule has 0 saturated carbocycles. The molecule has 0 amide bonds. The Morgan fingerprint density at radius 2 is 1.68 bits per heavy atom. The van der Waals surface area contributed by atoms with E-state index < -0.39 is 0 Å².